The number of aromatic amines is 1. The van der Waals surface area contributed by atoms with E-state index in [0.717, 1.165) is 0 Å². The predicted octanol–water partition coefficient (Wildman–Crippen LogP) is 3.70. The summed E-state index contributed by atoms with van der Waals surface area (Å²) in [5.74, 6) is -0.366. The lowest BCUT2D eigenvalue weighted by atomic mass is 10.3. The van der Waals surface area contributed by atoms with E-state index in [1.807, 2.05) is 0 Å². The number of aromatic nitrogens is 4. The van der Waals surface area contributed by atoms with Crippen molar-refractivity contribution in [1.29, 1.82) is 0 Å². The molecule has 0 unspecified atom stereocenters. The lowest BCUT2D eigenvalue weighted by Gasteiger charge is -2.07. The Morgan fingerprint density at radius 2 is 2.16 bits per heavy atom. The van der Waals surface area contributed by atoms with Gasteiger partial charge < -0.3 is 9.72 Å². The monoisotopic (exact) mass is 342 g/mol. The number of hydrogen-bond donors (Lipinski definition) is 1. The first-order valence-electron chi connectivity index (χ1n) is 5.13. The molecule has 1 aromatic carbocycles. The van der Waals surface area contributed by atoms with Crippen LogP contribution in [0.5, 0.6) is 11.6 Å². The third kappa shape index (κ3) is 2.39. The van der Waals surface area contributed by atoms with E-state index in [0.29, 0.717) is 15.6 Å². The Labute approximate surface area is 119 Å². The molecular formula is C11H5BrClFN4O. The molecule has 8 heteroatoms. The van der Waals surface area contributed by atoms with Crippen LogP contribution in [-0.2, 0) is 0 Å². The first-order chi connectivity index (χ1) is 9.13. The summed E-state index contributed by atoms with van der Waals surface area (Å²) < 4.78 is 19.7. The van der Waals surface area contributed by atoms with Gasteiger partial charge in [0, 0.05) is 4.47 Å². The van der Waals surface area contributed by atoms with Crippen LogP contribution in [0.4, 0.5) is 4.39 Å². The Kier molecular flexibility index (Phi) is 3.08. The second-order valence-electron chi connectivity index (χ2n) is 3.58. The molecule has 0 amide bonds. The number of rotatable bonds is 2. The molecule has 2 aromatic heterocycles. The van der Waals surface area contributed by atoms with E-state index in [1.54, 1.807) is 6.07 Å². The fourth-order valence-electron chi connectivity index (χ4n) is 1.51. The molecule has 19 heavy (non-hydrogen) atoms. The minimum atomic E-state index is -0.509. The summed E-state index contributed by atoms with van der Waals surface area (Å²) in [6.07, 6.45) is 1.43. The van der Waals surface area contributed by atoms with Gasteiger partial charge in [-0.2, -0.15) is 9.97 Å². The van der Waals surface area contributed by atoms with E-state index in [4.69, 9.17) is 16.3 Å². The molecule has 0 saturated carbocycles. The van der Waals surface area contributed by atoms with Gasteiger partial charge in [0.1, 0.15) is 5.52 Å². The van der Waals surface area contributed by atoms with Crippen LogP contribution in [0.1, 0.15) is 0 Å². The fraction of sp³-hybridized carbons (Fsp3) is 0. The standard InChI is InChI=1S/C11H5BrClFN4O/c12-5-1-2-6(14)7(3-5)19-10-8-9(16-4-15-8)17-11(13)18-10/h1-4H,(H,15,16,17,18). The molecule has 0 fully saturated rings. The minimum Gasteiger partial charge on any atom is -0.434 e. The molecule has 3 rings (SSSR count). The number of nitrogens with zero attached hydrogens (tertiary/aromatic N) is 3. The predicted molar refractivity (Wildman–Crippen MR) is 70.9 cm³/mol. The van der Waals surface area contributed by atoms with Crippen LogP contribution >= 0.6 is 27.5 Å². The summed E-state index contributed by atoms with van der Waals surface area (Å²) in [6.45, 7) is 0. The highest BCUT2D eigenvalue weighted by Gasteiger charge is 2.13. The maximum absolute atomic E-state index is 13.6. The number of H-pyrrole nitrogens is 1. The highest BCUT2D eigenvalue weighted by Crippen LogP contribution is 2.30. The lowest BCUT2D eigenvalue weighted by molar-refractivity contribution is 0.430. The molecule has 0 aliphatic rings. The fourth-order valence-corrected chi connectivity index (χ4v) is 2.01. The largest absolute Gasteiger partial charge is 0.434 e. The van der Waals surface area contributed by atoms with Crippen LogP contribution in [0.3, 0.4) is 0 Å². The zero-order valence-corrected chi connectivity index (χ0v) is 11.5. The molecule has 0 aliphatic heterocycles. The lowest BCUT2D eigenvalue weighted by Crippen LogP contribution is -1.94. The van der Waals surface area contributed by atoms with Crippen molar-refractivity contribution >= 4 is 38.7 Å². The van der Waals surface area contributed by atoms with Crippen molar-refractivity contribution in [2.24, 2.45) is 0 Å². The quantitative estimate of drug-likeness (QED) is 0.721. The molecule has 0 spiro atoms. The average Bonchev–Trinajstić information content (AvgIpc) is 2.82. The van der Waals surface area contributed by atoms with Crippen molar-refractivity contribution in [1.82, 2.24) is 19.9 Å². The third-order valence-electron chi connectivity index (χ3n) is 2.33. The zero-order valence-electron chi connectivity index (χ0n) is 9.19. The molecule has 2 heterocycles. The first-order valence-corrected chi connectivity index (χ1v) is 6.30. The van der Waals surface area contributed by atoms with Crippen LogP contribution in [0.2, 0.25) is 5.28 Å². The van der Waals surface area contributed by atoms with E-state index in [-0.39, 0.29) is 16.9 Å². The smallest absolute Gasteiger partial charge is 0.250 e. The molecular weight excluding hydrogens is 339 g/mol. The molecule has 0 radical (unpaired) electrons. The second-order valence-corrected chi connectivity index (χ2v) is 4.83. The van der Waals surface area contributed by atoms with Gasteiger partial charge in [-0.1, -0.05) is 15.9 Å². The van der Waals surface area contributed by atoms with Crippen LogP contribution in [-0.4, -0.2) is 19.9 Å². The number of benzene rings is 1. The summed E-state index contributed by atoms with van der Waals surface area (Å²) in [7, 11) is 0. The number of halogens is 3. The molecule has 1 N–H and O–H groups in total. The average molecular weight is 344 g/mol. The van der Waals surface area contributed by atoms with Crippen molar-refractivity contribution in [3.8, 4) is 11.6 Å². The molecule has 0 atom stereocenters. The molecule has 0 saturated heterocycles. The third-order valence-corrected chi connectivity index (χ3v) is 2.99. The summed E-state index contributed by atoms with van der Waals surface area (Å²) >= 11 is 9.00. The molecule has 3 aromatic rings. The Balaban J connectivity index is 2.10. The zero-order chi connectivity index (χ0) is 13.4. The Bertz CT molecular complexity index is 764. The second kappa shape index (κ2) is 4.75. The first kappa shape index (κ1) is 12.3. The van der Waals surface area contributed by atoms with Crippen LogP contribution in [0.25, 0.3) is 11.2 Å². The van der Waals surface area contributed by atoms with E-state index >= 15 is 0 Å². The summed E-state index contributed by atoms with van der Waals surface area (Å²) in [6, 6.07) is 4.35. The topological polar surface area (TPSA) is 63.7 Å². The maximum atomic E-state index is 13.6. The maximum Gasteiger partial charge on any atom is 0.250 e. The van der Waals surface area contributed by atoms with Gasteiger partial charge >= 0.3 is 0 Å². The summed E-state index contributed by atoms with van der Waals surface area (Å²) in [5, 5.41) is -0.0231. The van der Waals surface area contributed by atoms with Crippen LogP contribution in [0.15, 0.2) is 29.0 Å². The van der Waals surface area contributed by atoms with Crippen molar-refractivity contribution in [3.63, 3.8) is 0 Å². The summed E-state index contributed by atoms with van der Waals surface area (Å²) in [5.41, 5.74) is 0.800. The van der Waals surface area contributed by atoms with E-state index in [2.05, 4.69) is 35.9 Å². The number of hydrogen-bond acceptors (Lipinski definition) is 4. The Hall–Kier alpha value is -1.73. The Morgan fingerprint density at radius 1 is 1.32 bits per heavy atom. The molecule has 0 bridgehead atoms. The SMILES string of the molecule is Fc1ccc(Br)cc1Oc1nc(Cl)nc2nc[nH]c12. The van der Waals surface area contributed by atoms with Crippen molar-refractivity contribution in [2.45, 2.75) is 0 Å². The summed E-state index contributed by atoms with van der Waals surface area (Å²) in [4.78, 5) is 14.6. The van der Waals surface area contributed by atoms with Gasteiger partial charge in [-0.05, 0) is 29.8 Å². The number of fused-ring (bicyclic) bond motifs is 1. The van der Waals surface area contributed by atoms with Crippen molar-refractivity contribution in [3.05, 3.63) is 40.1 Å². The normalized spacial score (nSPS) is 10.9. The van der Waals surface area contributed by atoms with Gasteiger partial charge in [-0.15, -0.1) is 0 Å². The van der Waals surface area contributed by atoms with Gasteiger partial charge in [-0.25, -0.2) is 9.37 Å². The number of imidazole rings is 1. The van der Waals surface area contributed by atoms with Gasteiger partial charge in [0.05, 0.1) is 6.33 Å². The van der Waals surface area contributed by atoms with Gasteiger partial charge in [-0.3, -0.25) is 0 Å². The molecule has 0 aliphatic carbocycles. The van der Waals surface area contributed by atoms with E-state index in [9.17, 15) is 4.39 Å². The number of nitrogens with one attached hydrogen (secondary N) is 1. The van der Waals surface area contributed by atoms with E-state index < -0.39 is 5.82 Å². The minimum absolute atomic E-state index is 0.0231. The highest BCUT2D eigenvalue weighted by molar-refractivity contribution is 9.10. The van der Waals surface area contributed by atoms with E-state index in [1.165, 1.54) is 18.5 Å². The Morgan fingerprint density at radius 3 is 3.00 bits per heavy atom. The molecule has 5 nitrogen and oxygen atoms in total. The highest BCUT2D eigenvalue weighted by atomic mass is 79.9. The van der Waals surface area contributed by atoms with Gasteiger partial charge in [0.15, 0.2) is 17.2 Å². The molecule has 96 valence electrons. The van der Waals surface area contributed by atoms with Gasteiger partial charge in [0.2, 0.25) is 11.2 Å². The van der Waals surface area contributed by atoms with Gasteiger partial charge in [0.25, 0.3) is 0 Å². The van der Waals surface area contributed by atoms with Crippen molar-refractivity contribution < 1.29 is 9.13 Å². The van der Waals surface area contributed by atoms with Crippen LogP contribution < -0.4 is 4.74 Å². The number of ether oxygens (including phenoxy) is 1. The van der Waals surface area contributed by atoms with Crippen LogP contribution in [0, 0.1) is 5.82 Å². The van der Waals surface area contributed by atoms with Crippen molar-refractivity contribution in [2.75, 3.05) is 0 Å².